The molecule has 0 heterocycles. The van der Waals surface area contributed by atoms with Gasteiger partial charge >= 0.3 is 0 Å². The first-order chi connectivity index (χ1) is 10.2. The van der Waals surface area contributed by atoms with Crippen LogP contribution in [0.5, 0.6) is 11.5 Å². The van der Waals surface area contributed by atoms with Crippen LogP contribution in [0.2, 0.25) is 0 Å². The van der Waals surface area contributed by atoms with Gasteiger partial charge in [-0.15, -0.1) is 0 Å². The van der Waals surface area contributed by atoms with E-state index in [0.717, 1.165) is 37.6 Å². The fourth-order valence-electron chi connectivity index (χ4n) is 2.30. The molecule has 0 spiro atoms. The third kappa shape index (κ3) is 6.85. The topological polar surface area (TPSA) is 30.5 Å². The molecule has 1 atom stereocenters. The predicted molar refractivity (Wildman–Crippen MR) is 89.2 cm³/mol. The van der Waals surface area contributed by atoms with Crippen molar-refractivity contribution in [2.24, 2.45) is 11.8 Å². The van der Waals surface area contributed by atoms with E-state index in [1.165, 1.54) is 6.42 Å². The van der Waals surface area contributed by atoms with Crippen molar-refractivity contribution >= 4 is 0 Å². The second-order valence-corrected chi connectivity index (χ2v) is 5.73. The fourth-order valence-corrected chi connectivity index (χ4v) is 2.30. The van der Waals surface area contributed by atoms with Gasteiger partial charge in [0, 0.05) is 0 Å². The summed E-state index contributed by atoms with van der Waals surface area (Å²) in [5.74, 6) is 3.00. The lowest BCUT2D eigenvalue weighted by Gasteiger charge is -2.21. The Hall–Kier alpha value is -1.22. The molecular weight excluding hydrogens is 262 g/mol. The average molecular weight is 293 g/mol. The lowest BCUT2D eigenvalue weighted by molar-refractivity contribution is 0.231. The smallest absolute Gasteiger partial charge is 0.161 e. The molecule has 120 valence electrons. The van der Waals surface area contributed by atoms with Gasteiger partial charge in [-0.1, -0.05) is 32.9 Å². The molecule has 1 rings (SSSR count). The van der Waals surface area contributed by atoms with Crippen molar-refractivity contribution in [3.8, 4) is 11.5 Å². The molecule has 1 N–H and O–H groups in total. The van der Waals surface area contributed by atoms with E-state index in [-0.39, 0.29) is 0 Å². The lowest BCUT2D eigenvalue weighted by atomic mass is 9.93. The van der Waals surface area contributed by atoms with Crippen molar-refractivity contribution < 1.29 is 9.47 Å². The highest BCUT2D eigenvalue weighted by Crippen LogP contribution is 2.27. The molecule has 1 aromatic rings. The van der Waals surface area contributed by atoms with Crippen LogP contribution in [-0.4, -0.2) is 26.3 Å². The Labute approximate surface area is 130 Å². The van der Waals surface area contributed by atoms with Crippen LogP contribution in [0.1, 0.15) is 40.5 Å². The summed E-state index contributed by atoms with van der Waals surface area (Å²) in [5, 5.41) is 3.52. The van der Waals surface area contributed by atoms with Crippen LogP contribution in [0.3, 0.4) is 0 Å². The van der Waals surface area contributed by atoms with Crippen LogP contribution in [0.4, 0.5) is 0 Å². The van der Waals surface area contributed by atoms with Crippen LogP contribution in [0.25, 0.3) is 0 Å². The van der Waals surface area contributed by atoms with E-state index < -0.39 is 0 Å². The van der Waals surface area contributed by atoms with Crippen LogP contribution >= 0.6 is 0 Å². The maximum atomic E-state index is 5.92. The van der Waals surface area contributed by atoms with E-state index in [2.05, 4.69) is 26.1 Å². The summed E-state index contributed by atoms with van der Waals surface area (Å²) in [5.41, 5.74) is 0. The Morgan fingerprint density at radius 1 is 1.05 bits per heavy atom. The summed E-state index contributed by atoms with van der Waals surface area (Å²) in [7, 11) is 0. The highest BCUT2D eigenvalue weighted by atomic mass is 16.5. The third-order valence-electron chi connectivity index (χ3n) is 3.67. The molecule has 1 unspecified atom stereocenters. The standard InChI is InChI=1S/C18H31NO2/c1-5-12-19-14-16(15(3)4)11-13-21-18-10-8-7-9-17(18)20-6-2/h7-10,15-16,19H,5-6,11-14H2,1-4H3. The number of benzene rings is 1. The molecule has 0 saturated carbocycles. The van der Waals surface area contributed by atoms with Gasteiger partial charge in [0.25, 0.3) is 0 Å². The van der Waals surface area contributed by atoms with Crippen LogP contribution < -0.4 is 14.8 Å². The quantitative estimate of drug-likeness (QED) is 0.622. The molecule has 3 nitrogen and oxygen atoms in total. The molecule has 1 aromatic carbocycles. The molecule has 0 aliphatic heterocycles. The van der Waals surface area contributed by atoms with Crippen molar-refractivity contribution in [2.75, 3.05) is 26.3 Å². The summed E-state index contributed by atoms with van der Waals surface area (Å²) >= 11 is 0. The van der Waals surface area contributed by atoms with Gasteiger partial charge in [-0.2, -0.15) is 0 Å². The number of nitrogens with one attached hydrogen (secondary N) is 1. The maximum absolute atomic E-state index is 5.92. The van der Waals surface area contributed by atoms with Gasteiger partial charge in [0.1, 0.15) is 0 Å². The molecule has 21 heavy (non-hydrogen) atoms. The van der Waals surface area contributed by atoms with Crippen LogP contribution in [0, 0.1) is 11.8 Å². The van der Waals surface area contributed by atoms with Crippen molar-refractivity contribution in [1.29, 1.82) is 0 Å². The van der Waals surface area contributed by atoms with E-state index in [4.69, 9.17) is 9.47 Å². The Morgan fingerprint density at radius 3 is 2.29 bits per heavy atom. The Morgan fingerprint density at radius 2 is 1.71 bits per heavy atom. The van der Waals surface area contributed by atoms with Gasteiger partial charge in [0.15, 0.2) is 11.5 Å². The molecule has 0 aromatic heterocycles. The minimum absolute atomic E-state index is 0.649. The SMILES string of the molecule is CCCNCC(CCOc1ccccc1OCC)C(C)C. The average Bonchev–Trinajstić information content (AvgIpc) is 2.47. The van der Waals surface area contributed by atoms with Gasteiger partial charge in [0.05, 0.1) is 13.2 Å². The zero-order valence-electron chi connectivity index (χ0n) is 14.0. The van der Waals surface area contributed by atoms with Crippen molar-refractivity contribution in [1.82, 2.24) is 5.32 Å². The monoisotopic (exact) mass is 293 g/mol. The summed E-state index contributed by atoms with van der Waals surface area (Å²) in [6, 6.07) is 7.90. The second kappa shape index (κ2) is 10.5. The fraction of sp³-hybridized carbons (Fsp3) is 0.667. The Kier molecular flexibility index (Phi) is 8.91. The molecule has 0 saturated heterocycles. The molecular formula is C18H31NO2. The minimum atomic E-state index is 0.649. The largest absolute Gasteiger partial charge is 0.490 e. The van der Waals surface area contributed by atoms with E-state index in [9.17, 15) is 0 Å². The molecule has 0 radical (unpaired) electrons. The van der Waals surface area contributed by atoms with E-state index in [1.54, 1.807) is 0 Å². The van der Waals surface area contributed by atoms with Crippen LogP contribution in [0.15, 0.2) is 24.3 Å². The zero-order chi connectivity index (χ0) is 15.5. The number of hydrogen-bond donors (Lipinski definition) is 1. The number of ether oxygens (including phenoxy) is 2. The summed E-state index contributed by atoms with van der Waals surface area (Å²) in [4.78, 5) is 0. The van der Waals surface area contributed by atoms with Gasteiger partial charge in [-0.05, 0) is 56.8 Å². The highest BCUT2D eigenvalue weighted by molar-refractivity contribution is 5.39. The molecule has 0 fully saturated rings. The van der Waals surface area contributed by atoms with Gasteiger partial charge in [-0.3, -0.25) is 0 Å². The number of rotatable bonds is 11. The molecule has 0 aliphatic carbocycles. The predicted octanol–water partition coefficient (Wildman–Crippen LogP) is 4.13. The summed E-state index contributed by atoms with van der Waals surface area (Å²) in [6.45, 7) is 12.3. The van der Waals surface area contributed by atoms with Crippen molar-refractivity contribution in [2.45, 2.75) is 40.5 Å². The molecule has 0 amide bonds. The number of para-hydroxylation sites is 2. The van der Waals surface area contributed by atoms with Gasteiger partial charge < -0.3 is 14.8 Å². The second-order valence-electron chi connectivity index (χ2n) is 5.73. The molecule has 0 bridgehead atoms. The van der Waals surface area contributed by atoms with Crippen LogP contribution in [-0.2, 0) is 0 Å². The Balaban J connectivity index is 2.42. The first-order valence-corrected chi connectivity index (χ1v) is 8.24. The lowest BCUT2D eigenvalue weighted by Crippen LogP contribution is -2.28. The van der Waals surface area contributed by atoms with E-state index in [0.29, 0.717) is 18.4 Å². The first kappa shape index (κ1) is 17.8. The summed E-state index contributed by atoms with van der Waals surface area (Å²) in [6.07, 6.45) is 2.25. The molecule has 0 aliphatic rings. The summed E-state index contributed by atoms with van der Waals surface area (Å²) < 4.78 is 11.5. The molecule has 3 heteroatoms. The Bertz CT molecular complexity index is 379. The minimum Gasteiger partial charge on any atom is -0.490 e. The third-order valence-corrected chi connectivity index (χ3v) is 3.67. The normalized spacial score (nSPS) is 12.4. The van der Waals surface area contributed by atoms with E-state index >= 15 is 0 Å². The van der Waals surface area contributed by atoms with Crippen molar-refractivity contribution in [3.05, 3.63) is 24.3 Å². The highest BCUT2D eigenvalue weighted by Gasteiger charge is 2.13. The first-order valence-electron chi connectivity index (χ1n) is 8.24. The zero-order valence-corrected chi connectivity index (χ0v) is 14.0. The number of hydrogen-bond acceptors (Lipinski definition) is 3. The van der Waals surface area contributed by atoms with Gasteiger partial charge in [0.2, 0.25) is 0 Å². The maximum Gasteiger partial charge on any atom is 0.161 e. The van der Waals surface area contributed by atoms with Crippen molar-refractivity contribution in [3.63, 3.8) is 0 Å². The van der Waals surface area contributed by atoms with E-state index in [1.807, 2.05) is 31.2 Å². The van der Waals surface area contributed by atoms with Gasteiger partial charge in [-0.25, -0.2) is 0 Å².